The first-order chi connectivity index (χ1) is 17.5. The number of alkyl halides is 2. The van der Waals surface area contributed by atoms with Crippen molar-refractivity contribution in [1.82, 2.24) is 9.80 Å². The molecule has 1 aromatic heterocycles. The Bertz CT molecular complexity index is 1260. The lowest BCUT2D eigenvalue weighted by Gasteiger charge is -2.49. The van der Waals surface area contributed by atoms with Crippen LogP contribution in [0.25, 0.3) is 11.0 Å². The van der Waals surface area contributed by atoms with E-state index in [-0.39, 0.29) is 43.1 Å². The van der Waals surface area contributed by atoms with E-state index in [0.29, 0.717) is 37.4 Å². The lowest BCUT2D eigenvalue weighted by Crippen LogP contribution is -2.57. The van der Waals surface area contributed by atoms with Crippen LogP contribution in [0.3, 0.4) is 0 Å². The number of nitrogens with zero attached hydrogens (tertiary/aromatic N) is 2. The second-order valence-electron chi connectivity index (χ2n) is 11.3. The first-order valence-corrected chi connectivity index (χ1v) is 12.9. The van der Waals surface area contributed by atoms with Crippen LogP contribution in [0.5, 0.6) is 5.75 Å². The van der Waals surface area contributed by atoms with Gasteiger partial charge in [-0.2, -0.15) is 0 Å². The molecule has 0 bridgehead atoms. The third kappa shape index (κ3) is 4.74. The van der Waals surface area contributed by atoms with Gasteiger partial charge in [0.05, 0.1) is 12.2 Å². The second-order valence-corrected chi connectivity index (χ2v) is 11.3. The third-order valence-electron chi connectivity index (χ3n) is 7.72. The number of ether oxygens (including phenoxy) is 1. The topological polar surface area (TPSA) is 28.9 Å². The largest absolute Gasteiger partial charge is 0.492 e. The number of benzene rings is 2. The van der Waals surface area contributed by atoms with Gasteiger partial charge in [0.15, 0.2) is 0 Å². The van der Waals surface area contributed by atoms with E-state index in [9.17, 15) is 4.39 Å². The van der Waals surface area contributed by atoms with Crippen LogP contribution in [0, 0.1) is 17.6 Å². The van der Waals surface area contributed by atoms with Gasteiger partial charge in [-0.25, -0.2) is 13.2 Å². The van der Waals surface area contributed by atoms with Gasteiger partial charge in [-0.1, -0.05) is 18.2 Å². The number of hydrogen-bond donors (Lipinski definition) is 0. The van der Waals surface area contributed by atoms with Crippen LogP contribution in [-0.2, 0) is 12.0 Å². The molecule has 8 heteroatoms. The van der Waals surface area contributed by atoms with Crippen LogP contribution in [0.2, 0.25) is 0 Å². The van der Waals surface area contributed by atoms with Crippen LogP contribution < -0.4 is 4.74 Å². The first kappa shape index (κ1) is 26.0. The molecule has 2 aromatic carbocycles. The summed E-state index contributed by atoms with van der Waals surface area (Å²) < 4.78 is 71.3. The highest BCUT2D eigenvalue weighted by molar-refractivity contribution is 5.83. The Morgan fingerprint density at radius 2 is 1.81 bits per heavy atom. The molecule has 0 amide bonds. The maximum atomic E-state index is 15.8. The predicted octanol–water partition coefficient (Wildman–Crippen LogP) is 6.25. The van der Waals surface area contributed by atoms with E-state index < -0.39 is 22.8 Å². The van der Waals surface area contributed by atoms with Crippen molar-refractivity contribution in [3.05, 3.63) is 64.9 Å². The van der Waals surface area contributed by atoms with Gasteiger partial charge in [0.2, 0.25) is 0 Å². The molecule has 1 fully saturated rings. The Labute approximate surface area is 215 Å². The fourth-order valence-electron chi connectivity index (χ4n) is 6.00. The number of rotatable bonds is 8. The molecule has 3 aromatic rings. The van der Waals surface area contributed by atoms with Crippen LogP contribution in [0.4, 0.5) is 17.6 Å². The molecule has 4 nitrogen and oxygen atoms in total. The van der Waals surface area contributed by atoms with Crippen molar-refractivity contribution >= 4 is 11.0 Å². The van der Waals surface area contributed by atoms with E-state index in [4.69, 9.17) is 9.15 Å². The van der Waals surface area contributed by atoms with Gasteiger partial charge in [0, 0.05) is 61.2 Å². The second kappa shape index (κ2) is 9.62. The Kier molecular flexibility index (Phi) is 6.77. The van der Waals surface area contributed by atoms with E-state index in [1.807, 2.05) is 41.0 Å². The molecule has 0 radical (unpaired) electrons. The number of halogens is 4. The average Bonchev–Trinajstić information content (AvgIpc) is 3.16. The zero-order valence-electron chi connectivity index (χ0n) is 21.8. The molecule has 37 heavy (non-hydrogen) atoms. The SMILES string of the molecule is CC1Cc2c(oc3ccccc23)[C@](C)(c2c(F)cc(OCCN3CC(CF)C3)cc2F)N1CC(C)(C)F. The number of likely N-dealkylation sites (tertiary alicyclic amines) is 1. The molecular formula is C29H34F4N2O2. The lowest BCUT2D eigenvalue weighted by atomic mass is 9.77. The minimum atomic E-state index is -1.60. The fraction of sp³-hybridized carbons (Fsp3) is 0.517. The van der Waals surface area contributed by atoms with E-state index in [0.717, 1.165) is 10.9 Å². The monoisotopic (exact) mass is 518 g/mol. The molecule has 3 heterocycles. The maximum absolute atomic E-state index is 15.8. The molecule has 200 valence electrons. The summed E-state index contributed by atoms with van der Waals surface area (Å²) in [6.07, 6.45) is 0.572. The standard InChI is InChI=1S/C29H34F4N2O2/c1-18-11-22-21-7-5-6-8-25(21)37-27(22)29(4,35(18)17-28(2,3)33)26-23(31)12-20(13-24(26)32)36-10-9-34-15-19(14-30)16-34/h5-8,12-13,18-19H,9-11,14-17H2,1-4H3/t18?,29-/m0/s1. The molecule has 0 N–H and O–H groups in total. The highest BCUT2D eigenvalue weighted by Gasteiger charge is 2.51. The minimum absolute atomic E-state index is 0.0337. The van der Waals surface area contributed by atoms with Gasteiger partial charge in [-0.15, -0.1) is 0 Å². The molecule has 2 aliphatic rings. The van der Waals surface area contributed by atoms with Crippen molar-refractivity contribution in [2.75, 3.05) is 39.5 Å². The summed E-state index contributed by atoms with van der Waals surface area (Å²) in [6, 6.07) is 9.70. The van der Waals surface area contributed by atoms with Crippen molar-refractivity contribution in [2.45, 2.75) is 51.4 Å². The van der Waals surface area contributed by atoms with Gasteiger partial charge in [-0.3, -0.25) is 14.2 Å². The Morgan fingerprint density at radius 1 is 1.14 bits per heavy atom. The number of hydrogen-bond acceptors (Lipinski definition) is 4. The number of fused-ring (bicyclic) bond motifs is 3. The van der Waals surface area contributed by atoms with Crippen molar-refractivity contribution in [1.29, 1.82) is 0 Å². The zero-order chi connectivity index (χ0) is 26.5. The summed E-state index contributed by atoms with van der Waals surface area (Å²) in [6.45, 7) is 8.34. The van der Waals surface area contributed by atoms with Crippen molar-refractivity contribution in [2.24, 2.45) is 5.92 Å². The zero-order valence-corrected chi connectivity index (χ0v) is 21.8. The molecule has 5 rings (SSSR count). The summed E-state index contributed by atoms with van der Waals surface area (Å²) in [7, 11) is 0. The average molecular weight is 519 g/mol. The molecule has 0 spiro atoms. The van der Waals surface area contributed by atoms with Crippen molar-refractivity contribution < 1.29 is 26.7 Å². The predicted molar refractivity (Wildman–Crippen MR) is 135 cm³/mol. The summed E-state index contributed by atoms with van der Waals surface area (Å²) in [5.41, 5.74) is -1.66. The normalized spacial score (nSPS) is 23.3. The maximum Gasteiger partial charge on any atom is 0.135 e. The van der Waals surface area contributed by atoms with Gasteiger partial charge >= 0.3 is 0 Å². The van der Waals surface area contributed by atoms with Crippen LogP contribution in [0.15, 0.2) is 40.8 Å². The van der Waals surface area contributed by atoms with E-state index in [1.54, 1.807) is 6.92 Å². The highest BCUT2D eigenvalue weighted by atomic mass is 19.1. The molecule has 2 atom stereocenters. The van der Waals surface area contributed by atoms with Gasteiger partial charge < -0.3 is 9.15 Å². The van der Waals surface area contributed by atoms with Crippen LogP contribution in [-0.4, -0.2) is 61.0 Å². The van der Waals surface area contributed by atoms with E-state index in [1.165, 1.54) is 26.0 Å². The van der Waals surface area contributed by atoms with Crippen LogP contribution in [0.1, 0.15) is 44.6 Å². The Hall–Kier alpha value is -2.58. The highest BCUT2D eigenvalue weighted by Crippen LogP contribution is 2.49. The first-order valence-electron chi connectivity index (χ1n) is 12.9. The Balaban J connectivity index is 1.52. The molecule has 1 unspecified atom stereocenters. The summed E-state index contributed by atoms with van der Waals surface area (Å²) in [5, 5.41) is 0.900. The minimum Gasteiger partial charge on any atom is -0.492 e. The number of furan rings is 1. The van der Waals surface area contributed by atoms with Gasteiger partial charge in [0.25, 0.3) is 0 Å². The summed E-state index contributed by atoms with van der Waals surface area (Å²) in [5.74, 6) is -0.978. The Morgan fingerprint density at radius 3 is 2.46 bits per heavy atom. The molecule has 1 saturated heterocycles. The van der Waals surface area contributed by atoms with E-state index >= 15 is 13.2 Å². The van der Waals surface area contributed by atoms with Gasteiger partial charge in [-0.05, 0) is 40.2 Å². The molecule has 0 aliphatic carbocycles. The quantitative estimate of drug-likeness (QED) is 0.330. The molecule has 0 saturated carbocycles. The fourth-order valence-corrected chi connectivity index (χ4v) is 6.00. The molecule has 2 aliphatic heterocycles. The van der Waals surface area contributed by atoms with Gasteiger partial charge in [0.1, 0.15) is 46.5 Å². The van der Waals surface area contributed by atoms with Crippen molar-refractivity contribution in [3.63, 3.8) is 0 Å². The van der Waals surface area contributed by atoms with Crippen molar-refractivity contribution in [3.8, 4) is 5.75 Å². The third-order valence-corrected chi connectivity index (χ3v) is 7.72. The van der Waals surface area contributed by atoms with Crippen LogP contribution >= 0.6 is 0 Å². The smallest absolute Gasteiger partial charge is 0.135 e. The lowest BCUT2D eigenvalue weighted by molar-refractivity contribution is 0.00632. The number of para-hydroxylation sites is 1. The molecular weight excluding hydrogens is 484 g/mol. The van der Waals surface area contributed by atoms with E-state index in [2.05, 4.69) is 0 Å². The summed E-state index contributed by atoms with van der Waals surface area (Å²) in [4.78, 5) is 3.85. The summed E-state index contributed by atoms with van der Waals surface area (Å²) >= 11 is 0.